The molecule has 0 aliphatic heterocycles. The Labute approximate surface area is 187 Å². The van der Waals surface area contributed by atoms with Crippen LogP contribution in [0.15, 0.2) is 71.5 Å². The Morgan fingerprint density at radius 2 is 1.91 bits per heavy atom. The highest BCUT2D eigenvalue weighted by Gasteiger charge is 2.16. The van der Waals surface area contributed by atoms with Crippen LogP contribution in [-0.2, 0) is 6.54 Å². The molecule has 0 saturated carbocycles. The van der Waals surface area contributed by atoms with Crippen LogP contribution in [0.25, 0.3) is 27.8 Å². The summed E-state index contributed by atoms with van der Waals surface area (Å²) in [6, 6.07) is 20.0. The van der Waals surface area contributed by atoms with Gasteiger partial charge in [0.05, 0.1) is 10.9 Å². The Morgan fingerprint density at radius 3 is 2.69 bits per heavy atom. The molecule has 0 unspecified atom stereocenters. The second kappa shape index (κ2) is 7.94. The van der Waals surface area contributed by atoms with Crippen LogP contribution in [0, 0.1) is 6.92 Å². The van der Waals surface area contributed by atoms with Crippen LogP contribution < -0.4 is 10.9 Å². The molecule has 2 heterocycles. The third-order valence-corrected chi connectivity index (χ3v) is 5.53. The van der Waals surface area contributed by atoms with E-state index in [2.05, 4.69) is 20.6 Å². The second-order valence-corrected chi connectivity index (χ2v) is 7.98. The SMILES string of the molecule is Cc1cccc(-c2n[nH]n3c2nc(=O)c2ccc(C(=O)NCc4ccc(Cl)cc4)cc23)c1. The maximum Gasteiger partial charge on any atom is 0.281 e. The van der Waals surface area contributed by atoms with Crippen molar-refractivity contribution in [2.45, 2.75) is 13.5 Å². The first-order valence-corrected chi connectivity index (χ1v) is 10.4. The number of aromatic nitrogens is 4. The minimum atomic E-state index is -0.372. The highest BCUT2D eigenvalue weighted by Crippen LogP contribution is 2.23. The van der Waals surface area contributed by atoms with Gasteiger partial charge in [-0.3, -0.25) is 9.59 Å². The van der Waals surface area contributed by atoms with Gasteiger partial charge in [0.1, 0.15) is 5.69 Å². The fraction of sp³-hybridized carbons (Fsp3) is 0.0833. The van der Waals surface area contributed by atoms with E-state index in [1.165, 1.54) is 0 Å². The van der Waals surface area contributed by atoms with E-state index in [1.54, 1.807) is 34.8 Å². The molecule has 2 aromatic heterocycles. The highest BCUT2D eigenvalue weighted by molar-refractivity contribution is 6.30. The lowest BCUT2D eigenvalue weighted by Crippen LogP contribution is -2.23. The number of nitrogens with zero attached hydrogens (tertiary/aromatic N) is 3. The minimum Gasteiger partial charge on any atom is -0.348 e. The Balaban J connectivity index is 1.53. The number of carbonyl (C=O) groups excluding carboxylic acids is 1. The molecule has 1 amide bonds. The van der Waals surface area contributed by atoms with E-state index in [0.29, 0.717) is 39.4 Å². The highest BCUT2D eigenvalue weighted by atomic mass is 35.5. The summed E-state index contributed by atoms with van der Waals surface area (Å²) >= 11 is 5.91. The largest absolute Gasteiger partial charge is 0.348 e. The molecule has 0 aliphatic rings. The van der Waals surface area contributed by atoms with Crippen LogP contribution in [0.2, 0.25) is 5.02 Å². The number of aryl methyl sites for hydroxylation is 1. The molecular formula is C24H18ClN5O2. The molecule has 0 aliphatic carbocycles. The van der Waals surface area contributed by atoms with E-state index in [9.17, 15) is 9.59 Å². The molecule has 0 atom stereocenters. The lowest BCUT2D eigenvalue weighted by Gasteiger charge is -2.07. The quantitative estimate of drug-likeness (QED) is 0.437. The molecule has 0 fully saturated rings. The molecule has 0 saturated heterocycles. The topological polar surface area (TPSA) is 92.2 Å². The number of hydrogen-bond acceptors (Lipinski definition) is 4. The Hall–Kier alpha value is -3.97. The Morgan fingerprint density at radius 1 is 1.09 bits per heavy atom. The molecule has 0 radical (unpaired) electrons. The van der Waals surface area contributed by atoms with Gasteiger partial charge >= 0.3 is 0 Å². The van der Waals surface area contributed by atoms with Gasteiger partial charge in [-0.25, -0.2) is 9.73 Å². The van der Waals surface area contributed by atoms with E-state index in [-0.39, 0.29) is 11.5 Å². The van der Waals surface area contributed by atoms with Crippen LogP contribution in [0.1, 0.15) is 21.5 Å². The fourth-order valence-corrected chi connectivity index (χ4v) is 3.77. The first kappa shape index (κ1) is 20.0. The third kappa shape index (κ3) is 3.63. The van der Waals surface area contributed by atoms with Crippen molar-refractivity contribution in [1.82, 2.24) is 25.1 Å². The van der Waals surface area contributed by atoms with E-state index >= 15 is 0 Å². The van der Waals surface area contributed by atoms with Gasteiger partial charge in [-0.1, -0.05) is 47.5 Å². The predicted molar refractivity (Wildman–Crippen MR) is 124 cm³/mol. The van der Waals surface area contributed by atoms with Crippen molar-refractivity contribution >= 4 is 34.1 Å². The van der Waals surface area contributed by atoms with E-state index < -0.39 is 0 Å². The standard InChI is InChI=1S/C24H18ClN5O2/c1-14-3-2-4-16(11-14)21-22-27-24(32)19-10-7-17(12-20(19)30(22)29-28-21)23(31)26-13-15-5-8-18(25)9-6-15/h2-12,29H,13H2,1H3,(H,26,31). The lowest BCUT2D eigenvalue weighted by atomic mass is 10.1. The summed E-state index contributed by atoms with van der Waals surface area (Å²) in [6.45, 7) is 2.35. The molecule has 32 heavy (non-hydrogen) atoms. The summed E-state index contributed by atoms with van der Waals surface area (Å²) in [4.78, 5) is 29.7. The predicted octanol–water partition coefficient (Wildman–Crippen LogP) is 4.13. The average Bonchev–Trinajstić information content (AvgIpc) is 3.22. The first-order chi connectivity index (χ1) is 15.5. The fourth-order valence-electron chi connectivity index (χ4n) is 3.64. The van der Waals surface area contributed by atoms with Gasteiger partial charge in [0, 0.05) is 22.7 Å². The molecule has 2 N–H and O–H groups in total. The van der Waals surface area contributed by atoms with Gasteiger partial charge in [-0.15, -0.1) is 0 Å². The molecule has 8 heteroatoms. The number of fused-ring (bicyclic) bond motifs is 3. The summed E-state index contributed by atoms with van der Waals surface area (Å²) in [6.07, 6.45) is 0. The lowest BCUT2D eigenvalue weighted by molar-refractivity contribution is 0.0951. The molecule has 7 nitrogen and oxygen atoms in total. The first-order valence-electron chi connectivity index (χ1n) is 10.0. The number of carbonyl (C=O) groups is 1. The molecule has 0 bridgehead atoms. The van der Waals surface area contributed by atoms with Crippen molar-refractivity contribution in [3.05, 3.63) is 98.8 Å². The molecule has 5 rings (SSSR count). The molecule has 0 spiro atoms. The van der Waals surface area contributed by atoms with E-state index in [4.69, 9.17) is 11.6 Å². The van der Waals surface area contributed by atoms with Gasteiger partial charge in [0.15, 0.2) is 5.65 Å². The molecular weight excluding hydrogens is 426 g/mol. The van der Waals surface area contributed by atoms with Crippen LogP contribution in [-0.4, -0.2) is 25.7 Å². The van der Waals surface area contributed by atoms with Crippen LogP contribution >= 0.6 is 11.6 Å². The van der Waals surface area contributed by atoms with Crippen molar-refractivity contribution in [2.75, 3.05) is 0 Å². The summed E-state index contributed by atoms with van der Waals surface area (Å²) in [5, 5.41) is 11.2. The normalized spacial score (nSPS) is 11.2. The Bertz CT molecular complexity index is 1540. The number of aromatic amines is 1. The van der Waals surface area contributed by atoms with Crippen molar-refractivity contribution in [3.63, 3.8) is 0 Å². The maximum absolute atomic E-state index is 12.7. The summed E-state index contributed by atoms with van der Waals surface area (Å²) < 4.78 is 1.63. The van der Waals surface area contributed by atoms with E-state index in [1.807, 2.05) is 43.3 Å². The smallest absolute Gasteiger partial charge is 0.281 e. The van der Waals surface area contributed by atoms with Gasteiger partial charge in [-0.05, 0) is 48.9 Å². The van der Waals surface area contributed by atoms with Gasteiger partial charge < -0.3 is 5.32 Å². The Kier molecular flexibility index (Phi) is 4.95. The zero-order valence-corrected chi connectivity index (χ0v) is 17.8. The molecule has 158 valence electrons. The van der Waals surface area contributed by atoms with Crippen molar-refractivity contribution in [1.29, 1.82) is 0 Å². The van der Waals surface area contributed by atoms with Crippen LogP contribution in [0.4, 0.5) is 0 Å². The number of halogens is 1. The van der Waals surface area contributed by atoms with Gasteiger partial charge in [0.2, 0.25) is 0 Å². The number of rotatable bonds is 4. The third-order valence-electron chi connectivity index (χ3n) is 5.28. The summed E-state index contributed by atoms with van der Waals surface area (Å²) in [5.74, 6) is -0.252. The number of nitrogens with one attached hydrogen (secondary N) is 2. The number of H-pyrrole nitrogens is 1. The zero-order chi connectivity index (χ0) is 22.2. The van der Waals surface area contributed by atoms with Gasteiger partial charge in [0.25, 0.3) is 11.5 Å². The van der Waals surface area contributed by atoms with Crippen LogP contribution in [0.5, 0.6) is 0 Å². The second-order valence-electron chi connectivity index (χ2n) is 7.55. The monoisotopic (exact) mass is 443 g/mol. The van der Waals surface area contributed by atoms with Crippen molar-refractivity contribution in [3.8, 4) is 11.3 Å². The summed E-state index contributed by atoms with van der Waals surface area (Å²) in [7, 11) is 0. The van der Waals surface area contributed by atoms with E-state index in [0.717, 1.165) is 16.7 Å². The number of benzene rings is 3. The summed E-state index contributed by atoms with van der Waals surface area (Å²) in [5.41, 5.74) is 4.43. The van der Waals surface area contributed by atoms with Crippen LogP contribution in [0.3, 0.4) is 0 Å². The molecule has 5 aromatic rings. The minimum absolute atomic E-state index is 0.252. The zero-order valence-electron chi connectivity index (χ0n) is 17.1. The average molecular weight is 444 g/mol. The number of amides is 1. The molecule has 3 aromatic carbocycles. The van der Waals surface area contributed by atoms with Gasteiger partial charge in [-0.2, -0.15) is 10.1 Å². The maximum atomic E-state index is 12.7. The van der Waals surface area contributed by atoms with Crippen molar-refractivity contribution < 1.29 is 4.79 Å². The number of hydrogen-bond donors (Lipinski definition) is 2. The van der Waals surface area contributed by atoms with Crippen molar-refractivity contribution in [2.24, 2.45) is 0 Å².